The SMILES string of the molecule is Cc1ccc(NC(=O)COc2ccc(/C=N\NC(=O)C(=O)NCc3ccccc3)cc2Cl)cc1. The zero-order valence-corrected chi connectivity index (χ0v) is 19.1. The molecule has 8 nitrogen and oxygen atoms in total. The van der Waals surface area contributed by atoms with Crippen LogP contribution < -0.4 is 20.8 Å². The van der Waals surface area contributed by atoms with Crippen LogP contribution in [-0.4, -0.2) is 30.5 Å². The third-order valence-electron chi connectivity index (χ3n) is 4.53. The number of halogens is 1. The van der Waals surface area contributed by atoms with E-state index in [1.807, 2.05) is 49.4 Å². The van der Waals surface area contributed by atoms with E-state index in [9.17, 15) is 14.4 Å². The fourth-order valence-electron chi connectivity index (χ4n) is 2.77. The van der Waals surface area contributed by atoms with E-state index >= 15 is 0 Å². The number of rotatable bonds is 8. The minimum Gasteiger partial charge on any atom is -0.482 e. The molecule has 0 atom stereocenters. The molecule has 0 fully saturated rings. The molecule has 0 unspecified atom stereocenters. The van der Waals surface area contributed by atoms with Crippen molar-refractivity contribution in [3.63, 3.8) is 0 Å². The van der Waals surface area contributed by atoms with E-state index in [4.69, 9.17) is 16.3 Å². The number of nitrogens with one attached hydrogen (secondary N) is 3. The van der Waals surface area contributed by atoms with E-state index in [1.54, 1.807) is 30.3 Å². The maximum Gasteiger partial charge on any atom is 0.329 e. The number of hydrogen-bond acceptors (Lipinski definition) is 5. The van der Waals surface area contributed by atoms with Gasteiger partial charge in [-0.25, -0.2) is 5.43 Å². The summed E-state index contributed by atoms with van der Waals surface area (Å²) in [7, 11) is 0. The van der Waals surface area contributed by atoms with E-state index in [1.165, 1.54) is 6.21 Å². The van der Waals surface area contributed by atoms with Gasteiger partial charge in [0, 0.05) is 12.2 Å². The Bertz CT molecular complexity index is 1180. The highest BCUT2D eigenvalue weighted by molar-refractivity contribution is 6.35. The quantitative estimate of drug-likeness (QED) is 0.262. The van der Waals surface area contributed by atoms with Crippen molar-refractivity contribution < 1.29 is 19.1 Å². The molecule has 9 heteroatoms. The van der Waals surface area contributed by atoms with Crippen molar-refractivity contribution in [2.45, 2.75) is 13.5 Å². The first-order valence-electron chi connectivity index (χ1n) is 10.3. The molecule has 0 aliphatic rings. The van der Waals surface area contributed by atoms with Gasteiger partial charge in [-0.3, -0.25) is 14.4 Å². The fraction of sp³-hybridized carbons (Fsp3) is 0.120. The molecular weight excluding hydrogens is 456 g/mol. The largest absolute Gasteiger partial charge is 0.482 e. The molecule has 0 heterocycles. The second-order valence-electron chi connectivity index (χ2n) is 7.26. The summed E-state index contributed by atoms with van der Waals surface area (Å²) in [5.74, 6) is -1.69. The lowest BCUT2D eigenvalue weighted by atomic mass is 10.2. The van der Waals surface area contributed by atoms with Crippen molar-refractivity contribution in [2.75, 3.05) is 11.9 Å². The van der Waals surface area contributed by atoms with Crippen LogP contribution >= 0.6 is 11.6 Å². The summed E-state index contributed by atoms with van der Waals surface area (Å²) >= 11 is 6.21. The number of hydrogen-bond donors (Lipinski definition) is 3. The average Bonchev–Trinajstić information content (AvgIpc) is 2.84. The number of carbonyl (C=O) groups excluding carboxylic acids is 3. The molecule has 174 valence electrons. The van der Waals surface area contributed by atoms with Crippen molar-refractivity contribution in [3.8, 4) is 5.75 Å². The van der Waals surface area contributed by atoms with Gasteiger partial charge in [0.1, 0.15) is 5.75 Å². The lowest BCUT2D eigenvalue weighted by Crippen LogP contribution is -2.37. The van der Waals surface area contributed by atoms with Gasteiger partial charge in [-0.1, -0.05) is 59.6 Å². The summed E-state index contributed by atoms with van der Waals surface area (Å²) < 4.78 is 5.48. The molecule has 0 aliphatic carbocycles. The predicted molar refractivity (Wildman–Crippen MR) is 131 cm³/mol. The minimum absolute atomic E-state index is 0.213. The zero-order valence-electron chi connectivity index (χ0n) is 18.4. The number of carbonyl (C=O) groups is 3. The lowest BCUT2D eigenvalue weighted by molar-refractivity contribution is -0.139. The minimum atomic E-state index is -0.891. The Morgan fingerprint density at radius 3 is 2.41 bits per heavy atom. The molecule has 0 saturated heterocycles. The van der Waals surface area contributed by atoms with Gasteiger partial charge in [-0.05, 0) is 48.4 Å². The molecular formula is C25H23ClN4O4. The molecule has 0 bridgehead atoms. The van der Waals surface area contributed by atoms with E-state index in [0.717, 1.165) is 11.1 Å². The molecule has 3 rings (SSSR count). The van der Waals surface area contributed by atoms with Gasteiger partial charge < -0.3 is 15.4 Å². The van der Waals surface area contributed by atoms with Gasteiger partial charge in [0.2, 0.25) is 0 Å². The van der Waals surface area contributed by atoms with Crippen LogP contribution in [-0.2, 0) is 20.9 Å². The molecule has 0 radical (unpaired) electrons. The highest BCUT2D eigenvalue weighted by Crippen LogP contribution is 2.25. The van der Waals surface area contributed by atoms with Crippen molar-refractivity contribution >= 4 is 41.2 Å². The summed E-state index contributed by atoms with van der Waals surface area (Å²) in [5, 5.41) is 9.27. The number of hydrazone groups is 1. The van der Waals surface area contributed by atoms with Crippen LogP contribution in [0.15, 0.2) is 77.9 Å². The maximum atomic E-state index is 12.1. The molecule has 3 N–H and O–H groups in total. The van der Waals surface area contributed by atoms with Crippen molar-refractivity contribution in [2.24, 2.45) is 5.10 Å². The fourth-order valence-corrected chi connectivity index (χ4v) is 3.01. The van der Waals surface area contributed by atoms with Gasteiger partial charge in [0.05, 0.1) is 11.2 Å². The molecule has 0 aliphatic heterocycles. The molecule has 3 amide bonds. The van der Waals surface area contributed by atoms with Crippen LogP contribution in [0.5, 0.6) is 5.75 Å². The van der Waals surface area contributed by atoms with Crippen LogP contribution in [0, 0.1) is 6.92 Å². The van der Waals surface area contributed by atoms with Gasteiger partial charge in [-0.15, -0.1) is 0 Å². The maximum absolute atomic E-state index is 12.1. The van der Waals surface area contributed by atoms with E-state index in [-0.39, 0.29) is 24.1 Å². The van der Waals surface area contributed by atoms with Gasteiger partial charge in [0.25, 0.3) is 5.91 Å². The first kappa shape index (κ1) is 24.5. The van der Waals surface area contributed by atoms with Gasteiger partial charge in [-0.2, -0.15) is 5.10 Å². The summed E-state index contributed by atoms with van der Waals surface area (Å²) in [6.07, 6.45) is 1.34. The Balaban J connectivity index is 1.44. The Morgan fingerprint density at radius 1 is 0.971 bits per heavy atom. The molecule has 3 aromatic carbocycles. The van der Waals surface area contributed by atoms with Crippen LogP contribution in [0.4, 0.5) is 5.69 Å². The topological polar surface area (TPSA) is 109 Å². The zero-order chi connectivity index (χ0) is 24.3. The van der Waals surface area contributed by atoms with E-state index in [2.05, 4.69) is 21.2 Å². The monoisotopic (exact) mass is 478 g/mol. The second kappa shape index (κ2) is 12.2. The number of anilines is 1. The number of aryl methyl sites for hydroxylation is 1. The lowest BCUT2D eigenvalue weighted by Gasteiger charge is -2.09. The normalized spacial score (nSPS) is 10.5. The second-order valence-corrected chi connectivity index (χ2v) is 7.67. The standard InChI is InChI=1S/C25H23ClN4O4/c1-17-7-10-20(11-8-17)29-23(31)16-34-22-12-9-19(13-21(22)26)15-28-30-25(33)24(32)27-14-18-5-3-2-4-6-18/h2-13,15H,14,16H2,1H3,(H,27,32)(H,29,31)(H,30,33)/b28-15-. The Labute approximate surface area is 202 Å². The molecule has 0 spiro atoms. The molecule has 0 aromatic heterocycles. The van der Waals surface area contributed by atoms with Crippen LogP contribution in [0.2, 0.25) is 5.02 Å². The number of nitrogens with zero attached hydrogens (tertiary/aromatic N) is 1. The third kappa shape index (κ3) is 7.75. The Morgan fingerprint density at radius 2 is 1.71 bits per heavy atom. The molecule has 34 heavy (non-hydrogen) atoms. The van der Waals surface area contributed by atoms with Crippen molar-refractivity contribution in [3.05, 3.63) is 94.5 Å². The van der Waals surface area contributed by atoms with Gasteiger partial charge in [0.15, 0.2) is 6.61 Å². The smallest absolute Gasteiger partial charge is 0.329 e. The van der Waals surface area contributed by atoms with E-state index in [0.29, 0.717) is 17.0 Å². The summed E-state index contributed by atoms with van der Waals surface area (Å²) in [4.78, 5) is 35.8. The highest BCUT2D eigenvalue weighted by atomic mass is 35.5. The first-order valence-corrected chi connectivity index (χ1v) is 10.7. The van der Waals surface area contributed by atoms with Crippen molar-refractivity contribution in [1.29, 1.82) is 0 Å². The Hall–Kier alpha value is -4.17. The van der Waals surface area contributed by atoms with Crippen LogP contribution in [0.1, 0.15) is 16.7 Å². The van der Waals surface area contributed by atoms with Crippen LogP contribution in [0.25, 0.3) is 0 Å². The number of benzene rings is 3. The number of amides is 3. The van der Waals surface area contributed by atoms with Crippen LogP contribution in [0.3, 0.4) is 0 Å². The molecule has 3 aromatic rings. The van der Waals surface area contributed by atoms with E-state index < -0.39 is 11.8 Å². The van der Waals surface area contributed by atoms with Gasteiger partial charge >= 0.3 is 11.8 Å². The first-order chi connectivity index (χ1) is 16.4. The highest BCUT2D eigenvalue weighted by Gasteiger charge is 2.12. The number of ether oxygens (including phenoxy) is 1. The predicted octanol–water partition coefficient (Wildman–Crippen LogP) is 3.43. The Kier molecular flexibility index (Phi) is 8.76. The average molecular weight is 479 g/mol. The summed E-state index contributed by atoms with van der Waals surface area (Å²) in [5.41, 5.74) is 5.36. The molecule has 0 saturated carbocycles. The summed E-state index contributed by atoms with van der Waals surface area (Å²) in [6, 6.07) is 21.4. The third-order valence-corrected chi connectivity index (χ3v) is 4.83. The van der Waals surface area contributed by atoms with Crippen molar-refractivity contribution in [1.82, 2.24) is 10.7 Å². The summed E-state index contributed by atoms with van der Waals surface area (Å²) in [6.45, 7) is 1.98.